The van der Waals surface area contributed by atoms with Crippen LogP contribution >= 0.6 is 11.3 Å². The van der Waals surface area contributed by atoms with Gasteiger partial charge in [-0.3, -0.25) is 4.79 Å². The zero-order chi connectivity index (χ0) is 16.4. The summed E-state index contributed by atoms with van der Waals surface area (Å²) in [6.45, 7) is 3.13. The first-order chi connectivity index (χ1) is 11.8. The first-order valence-corrected chi connectivity index (χ1v) is 8.89. The number of carbonyl (C=O) groups is 1. The number of fused-ring (bicyclic) bond motifs is 1. The lowest BCUT2D eigenvalue weighted by atomic mass is 10.1. The van der Waals surface area contributed by atoms with E-state index in [0.29, 0.717) is 6.42 Å². The Morgan fingerprint density at radius 3 is 2.58 bits per heavy atom. The van der Waals surface area contributed by atoms with Gasteiger partial charge >= 0.3 is 0 Å². The molecule has 24 heavy (non-hydrogen) atoms. The van der Waals surface area contributed by atoms with Crippen molar-refractivity contribution in [2.45, 2.75) is 6.42 Å². The van der Waals surface area contributed by atoms with E-state index < -0.39 is 0 Å². The van der Waals surface area contributed by atoms with Gasteiger partial charge < -0.3 is 9.80 Å². The molecule has 0 saturated carbocycles. The first-order valence-electron chi connectivity index (χ1n) is 8.08. The Labute approximate surface area is 144 Å². The van der Waals surface area contributed by atoms with E-state index in [1.807, 2.05) is 47.4 Å². The Balaban J connectivity index is 1.38. The smallest absolute Gasteiger partial charge is 0.227 e. The van der Waals surface area contributed by atoms with E-state index in [2.05, 4.69) is 14.9 Å². The third-order valence-corrected chi connectivity index (χ3v) is 5.30. The third kappa shape index (κ3) is 3.10. The van der Waals surface area contributed by atoms with Crippen LogP contribution in [-0.2, 0) is 11.2 Å². The molecule has 122 valence electrons. The number of anilines is 1. The van der Waals surface area contributed by atoms with E-state index in [4.69, 9.17) is 0 Å². The average Bonchev–Trinajstić information content (AvgIpc) is 3.07. The van der Waals surface area contributed by atoms with Crippen LogP contribution in [0, 0.1) is 0 Å². The maximum absolute atomic E-state index is 12.4. The van der Waals surface area contributed by atoms with Crippen LogP contribution in [0.15, 0.2) is 48.7 Å². The standard InChI is InChI=1S/C18H18N4OS/c23-16(13-14-5-2-1-3-6-14)21-9-11-22(12-10-21)18-20-15-7-4-8-19-17(15)24-18/h1-8H,9-13H2. The molecule has 3 aromatic rings. The fraction of sp³-hybridized carbons (Fsp3) is 0.278. The van der Waals surface area contributed by atoms with Crippen molar-refractivity contribution in [3.8, 4) is 0 Å². The summed E-state index contributed by atoms with van der Waals surface area (Å²) in [5.41, 5.74) is 2.02. The maximum Gasteiger partial charge on any atom is 0.227 e. The summed E-state index contributed by atoms with van der Waals surface area (Å²) in [5, 5.41) is 0.999. The van der Waals surface area contributed by atoms with Crippen LogP contribution in [0.1, 0.15) is 5.56 Å². The van der Waals surface area contributed by atoms with E-state index in [9.17, 15) is 4.79 Å². The topological polar surface area (TPSA) is 49.3 Å². The summed E-state index contributed by atoms with van der Waals surface area (Å²) in [6.07, 6.45) is 2.27. The molecular formula is C18H18N4OS. The van der Waals surface area contributed by atoms with Gasteiger partial charge in [-0.25, -0.2) is 9.97 Å². The van der Waals surface area contributed by atoms with Crippen LogP contribution in [0.3, 0.4) is 0 Å². The van der Waals surface area contributed by atoms with Gasteiger partial charge in [0.05, 0.1) is 6.42 Å². The average molecular weight is 338 g/mol. The van der Waals surface area contributed by atoms with Gasteiger partial charge in [-0.2, -0.15) is 0 Å². The van der Waals surface area contributed by atoms with Crippen molar-refractivity contribution in [3.05, 3.63) is 54.2 Å². The van der Waals surface area contributed by atoms with Crippen molar-refractivity contribution < 1.29 is 4.79 Å². The molecule has 0 atom stereocenters. The van der Waals surface area contributed by atoms with Gasteiger partial charge in [0.2, 0.25) is 5.91 Å². The van der Waals surface area contributed by atoms with E-state index in [1.54, 1.807) is 17.5 Å². The second-order valence-electron chi connectivity index (χ2n) is 5.85. The number of pyridine rings is 1. The fourth-order valence-corrected chi connectivity index (χ4v) is 3.88. The molecule has 0 radical (unpaired) electrons. The number of rotatable bonds is 3. The van der Waals surface area contributed by atoms with Gasteiger partial charge in [0, 0.05) is 32.4 Å². The molecular weight excluding hydrogens is 320 g/mol. The van der Waals surface area contributed by atoms with Crippen molar-refractivity contribution >= 4 is 32.7 Å². The third-order valence-electron chi connectivity index (χ3n) is 4.26. The number of aromatic nitrogens is 2. The Hall–Kier alpha value is -2.47. The van der Waals surface area contributed by atoms with Crippen LogP contribution in [0.4, 0.5) is 5.13 Å². The van der Waals surface area contributed by atoms with Gasteiger partial charge in [-0.05, 0) is 17.7 Å². The van der Waals surface area contributed by atoms with Crippen LogP contribution in [0.25, 0.3) is 10.3 Å². The SMILES string of the molecule is O=C(Cc1ccccc1)N1CCN(c2nc3cccnc3s2)CC1. The first kappa shape index (κ1) is 15.1. The molecule has 1 aromatic carbocycles. The van der Waals surface area contributed by atoms with Crippen LogP contribution in [0.5, 0.6) is 0 Å². The number of piperazine rings is 1. The highest BCUT2D eigenvalue weighted by Crippen LogP contribution is 2.27. The van der Waals surface area contributed by atoms with E-state index in [1.165, 1.54) is 0 Å². The van der Waals surface area contributed by atoms with Gasteiger partial charge in [-0.1, -0.05) is 41.7 Å². The summed E-state index contributed by atoms with van der Waals surface area (Å²) < 4.78 is 0. The molecule has 6 heteroatoms. The lowest BCUT2D eigenvalue weighted by molar-refractivity contribution is -0.130. The predicted octanol–water partition coefficient (Wildman–Crippen LogP) is 2.58. The molecule has 1 aliphatic heterocycles. The minimum atomic E-state index is 0.201. The van der Waals surface area contributed by atoms with Crippen molar-refractivity contribution in [3.63, 3.8) is 0 Å². The molecule has 0 aliphatic carbocycles. The van der Waals surface area contributed by atoms with Crippen LogP contribution < -0.4 is 4.90 Å². The lowest BCUT2D eigenvalue weighted by Gasteiger charge is -2.34. The Morgan fingerprint density at radius 1 is 1.04 bits per heavy atom. The minimum absolute atomic E-state index is 0.201. The number of carbonyl (C=O) groups excluding carboxylic acids is 1. The number of hydrogen-bond acceptors (Lipinski definition) is 5. The van der Waals surface area contributed by atoms with E-state index in [-0.39, 0.29) is 5.91 Å². The Bertz CT molecular complexity index is 807. The lowest BCUT2D eigenvalue weighted by Crippen LogP contribution is -2.49. The molecule has 1 fully saturated rings. The molecule has 0 bridgehead atoms. The van der Waals surface area contributed by atoms with Crippen LogP contribution in [-0.4, -0.2) is 47.0 Å². The van der Waals surface area contributed by atoms with Gasteiger partial charge in [-0.15, -0.1) is 0 Å². The van der Waals surface area contributed by atoms with E-state index in [0.717, 1.165) is 47.2 Å². The second kappa shape index (κ2) is 6.57. The fourth-order valence-electron chi connectivity index (χ4n) is 2.92. The Morgan fingerprint density at radius 2 is 1.83 bits per heavy atom. The maximum atomic E-state index is 12.4. The highest BCUT2D eigenvalue weighted by molar-refractivity contribution is 7.21. The summed E-state index contributed by atoms with van der Waals surface area (Å²) >= 11 is 1.62. The molecule has 1 amide bonds. The quantitative estimate of drug-likeness (QED) is 0.736. The van der Waals surface area contributed by atoms with Gasteiger partial charge in [0.15, 0.2) is 5.13 Å². The molecule has 1 saturated heterocycles. The largest absolute Gasteiger partial charge is 0.344 e. The molecule has 2 aromatic heterocycles. The van der Waals surface area contributed by atoms with E-state index >= 15 is 0 Å². The zero-order valence-corrected chi connectivity index (χ0v) is 14.1. The predicted molar refractivity (Wildman–Crippen MR) is 96.4 cm³/mol. The number of benzene rings is 1. The molecule has 0 N–H and O–H groups in total. The highest BCUT2D eigenvalue weighted by Gasteiger charge is 2.23. The summed E-state index contributed by atoms with van der Waals surface area (Å²) in [5.74, 6) is 0.201. The summed E-state index contributed by atoms with van der Waals surface area (Å²) in [6, 6.07) is 13.8. The van der Waals surface area contributed by atoms with Crippen molar-refractivity contribution in [1.82, 2.24) is 14.9 Å². The summed E-state index contributed by atoms with van der Waals surface area (Å²) in [7, 11) is 0. The van der Waals surface area contributed by atoms with Gasteiger partial charge in [0.25, 0.3) is 0 Å². The molecule has 3 heterocycles. The number of amides is 1. The normalized spacial score (nSPS) is 15.0. The molecule has 0 spiro atoms. The summed E-state index contributed by atoms with van der Waals surface area (Å²) in [4.78, 5) is 26.6. The molecule has 5 nitrogen and oxygen atoms in total. The number of nitrogens with zero attached hydrogens (tertiary/aromatic N) is 4. The molecule has 4 rings (SSSR count). The van der Waals surface area contributed by atoms with Crippen molar-refractivity contribution in [1.29, 1.82) is 0 Å². The van der Waals surface area contributed by atoms with Crippen molar-refractivity contribution in [2.75, 3.05) is 31.1 Å². The second-order valence-corrected chi connectivity index (χ2v) is 6.81. The highest BCUT2D eigenvalue weighted by atomic mass is 32.1. The molecule has 1 aliphatic rings. The minimum Gasteiger partial charge on any atom is -0.344 e. The monoisotopic (exact) mass is 338 g/mol. The molecule has 0 unspecified atom stereocenters. The number of hydrogen-bond donors (Lipinski definition) is 0. The van der Waals surface area contributed by atoms with Crippen molar-refractivity contribution in [2.24, 2.45) is 0 Å². The van der Waals surface area contributed by atoms with Gasteiger partial charge in [0.1, 0.15) is 10.3 Å². The Kier molecular flexibility index (Phi) is 4.13. The number of thiazole rings is 1. The zero-order valence-electron chi connectivity index (χ0n) is 13.3. The van der Waals surface area contributed by atoms with Crippen LogP contribution in [0.2, 0.25) is 0 Å².